The average molecular weight is 1150 g/mol. The first kappa shape index (κ1) is 67.8. The Bertz CT molecular complexity index is 2160. The number of aliphatic hydroxyl groups excluding tert-OH is 2. The summed E-state index contributed by atoms with van der Waals surface area (Å²) in [5.41, 5.74) is -0.945. The maximum absolute atomic E-state index is 15.8. The summed E-state index contributed by atoms with van der Waals surface area (Å²) in [5, 5.41) is 29.7. The Morgan fingerprint density at radius 1 is 0.840 bits per heavy atom. The van der Waals surface area contributed by atoms with Crippen molar-refractivity contribution in [3.63, 3.8) is 0 Å². The van der Waals surface area contributed by atoms with Crippen LogP contribution in [-0.4, -0.2) is 190 Å². The van der Waals surface area contributed by atoms with Gasteiger partial charge in [-0.1, -0.05) is 84.0 Å². The minimum absolute atomic E-state index is 0.00838. The molecule has 4 aliphatic heterocycles. The normalized spacial score (nSPS) is 38.8. The van der Waals surface area contributed by atoms with E-state index in [0.717, 1.165) is 5.56 Å². The lowest BCUT2D eigenvalue weighted by atomic mass is 9.74. The number of hydrogen-bond acceptors (Lipinski definition) is 20. The fourth-order valence-electron chi connectivity index (χ4n) is 12.1. The lowest BCUT2D eigenvalue weighted by Crippen LogP contribution is -2.59. The molecule has 81 heavy (non-hydrogen) atoms. The van der Waals surface area contributed by atoms with E-state index in [9.17, 15) is 24.2 Å². The second kappa shape index (κ2) is 31.3. The number of esters is 2. The van der Waals surface area contributed by atoms with E-state index >= 15 is 9.59 Å². The van der Waals surface area contributed by atoms with Gasteiger partial charge in [-0.25, -0.2) is 9.18 Å². The Morgan fingerprint density at radius 3 is 2.15 bits per heavy atom. The fourth-order valence-corrected chi connectivity index (χ4v) is 12.1. The molecule has 21 nitrogen and oxygen atoms in total. The maximum Gasteiger partial charge on any atom is 0.408 e. The number of amides is 1. The zero-order valence-corrected chi connectivity index (χ0v) is 50.7. The van der Waals surface area contributed by atoms with Crippen LogP contribution in [0.25, 0.3) is 0 Å². The third kappa shape index (κ3) is 18.0. The Labute approximate surface area is 479 Å². The number of carbonyl (C=O) groups excluding carboxylic acids is 4. The monoisotopic (exact) mass is 1150 g/mol. The summed E-state index contributed by atoms with van der Waals surface area (Å²) < 4.78 is 84.2. The smallest absolute Gasteiger partial charge is 0.408 e. The molecular formula is C59H96FN3O18. The molecule has 0 radical (unpaired) electrons. The molecule has 4 fully saturated rings. The number of ether oxygens (including phenoxy) is 11. The number of oxime groups is 1. The maximum atomic E-state index is 15.8. The highest BCUT2D eigenvalue weighted by Gasteiger charge is 2.53. The number of aliphatic hydroxyl groups is 2. The number of hydrogen-bond donors (Lipinski definition) is 3. The first-order valence-electron chi connectivity index (χ1n) is 28.9. The number of Topliss-reactive ketones (excluding diaryl/α,β-unsaturated/α-hetero) is 1. The molecule has 22 heteroatoms. The van der Waals surface area contributed by atoms with E-state index in [4.69, 9.17) is 56.9 Å². The standard InChI is InChI=1S/C59H96FN3O18/c1-31(2)24-44(64)77-50-38(9)49(33(4)30-73-57-53(71-15)52(70-14)46(65)41(12)76-57)79-55(68)40(11)51(78-45-25-34(5)63(23-22-60)29-36(7)74-45)37(8)48(80-56-47(66)43(62-72-16)26-35(6)75-56)32(3)27-59(13,54(67)39(50)10)81-58(69)61-28-42-20-18-17-19-21-42/h17-21,31-41,45-53,56-57,65-66H,22-30H2,1-16H3,(H,61,69)/t32?,33?,34?,35-,36+,37?,38?,39?,40?,41-,45+,46-,47-,48?,49?,50?,51?,52-,53-,56+,57-,59?/m1/s1. The van der Waals surface area contributed by atoms with E-state index in [1.165, 1.54) is 28.3 Å². The van der Waals surface area contributed by atoms with E-state index in [0.29, 0.717) is 6.54 Å². The summed E-state index contributed by atoms with van der Waals surface area (Å²) >= 11 is 0. The van der Waals surface area contributed by atoms with Crippen molar-refractivity contribution in [2.75, 3.05) is 47.7 Å². The molecule has 0 saturated carbocycles. The zero-order valence-electron chi connectivity index (χ0n) is 50.7. The van der Waals surface area contributed by atoms with Gasteiger partial charge < -0.3 is 72.5 Å². The summed E-state index contributed by atoms with van der Waals surface area (Å²) in [6.07, 6.45) is -14.4. The van der Waals surface area contributed by atoms with Crippen molar-refractivity contribution in [3.05, 3.63) is 35.9 Å². The Morgan fingerprint density at radius 2 is 1.52 bits per heavy atom. The van der Waals surface area contributed by atoms with Gasteiger partial charge in [-0.3, -0.25) is 19.3 Å². The molecule has 1 aromatic carbocycles. The van der Waals surface area contributed by atoms with E-state index in [-0.39, 0.29) is 63.1 Å². The molecule has 0 bridgehead atoms. The van der Waals surface area contributed by atoms with Crippen LogP contribution in [0.3, 0.4) is 0 Å². The topological polar surface area (TPSA) is 247 Å². The molecule has 0 aromatic heterocycles. The molecule has 4 heterocycles. The molecule has 0 spiro atoms. The fraction of sp³-hybridized carbons (Fsp3) is 0.814. The van der Waals surface area contributed by atoms with Crippen molar-refractivity contribution in [2.24, 2.45) is 46.6 Å². The average Bonchev–Trinajstić information content (AvgIpc) is 3.59. The van der Waals surface area contributed by atoms with Crippen molar-refractivity contribution in [2.45, 2.75) is 220 Å². The molecule has 462 valence electrons. The molecule has 1 aromatic rings. The Kier molecular flexibility index (Phi) is 26.2. The predicted octanol–water partition coefficient (Wildman–Crippen LogP) is 6.55. The number of nitrogens with zero attached hydrogens (tertiary/aromatic N) is 2. The quantitative estimate of drug-likeness (QED) is 0.0755. The summed E-state index contributed by atoms with van der Waals surface area (Å²) in [6, 6.07) is 8.97. The molecule has 0 aliphatic carbocycles. The van der Waals surface area contributed by atoms with Gasteiger partial charge in [0.2, 0.25) is 0 Å². The number of alkyl carbamates (subject to hydrolysis) is 1. The number of methoxy groups -OCH3 is 2. The summed E-state index contributed by atoms with van der Waals surface area (Å²) in [6.45, 7) is 22.9. The molecule has 5 rings (SSSR count). The van der Waals surface area contributed by atoms with Gasteiger partial charge in [-0.05, 0) is 65.4 Å². The number of rotatable bonds is 19. The van der Waals surface area contributed by atoms with Crippen molar-refractivity contribution < 1.29 is 90.7 Å². The highest BCUT2D eigenvalue weighted by atomic mass is 19.1. The van der Waals surface area contributed by atoms with Crippen LogP contribution < -0.4 is 5.32 Å². The molecular weight excluding hydrogens is 1060 g/mol. The van der Waals surface area contributed by atoms with Crippen LogP contribution >= 0.6 is 0 Å². The van der Waals surface area contributed by atoms with Gasteiger partial charge >= 0.3 is 18.0 Å². The summed E-state index contributed by atoms with van der Waals surface area (Å²) in [4.78, 5) is 66.6. The van der Waals surface area contributed by atoms with E-state index in [1.807, 2.05) is 69.9 Å². The van der Waals surface area contributed by atoms with Gasteiger partial charge in [-0.2, -0.15) is 0 Å². The number of benzene rings is 1. The molecule has 1 amide bonds. The van der Waals surface area contributed by atoms with Gasteiger partial charge in [0.15, 0.2) is 30.3 Å². The lowest BCUT2D eigenvalue weighted by molar-refractivity contribution is -0.305. The van der Waals surface area contributed by atoms with Crippen molar-refractivity contribution in [1.29, 1.82) is 0 Å². The first-order chi connectivity index (χ1) is 38.3. The van der Waals surface area contributed by atoms with Crippen molar-refractivity contribution in [1.82, 2.24) is 10.2 Å². The Balaban J connectivity index is 1.71. The highest BCUT2D eigenvalue weighted by Crippen LogP contribution is 2.40. The van der Waals surface area contributed by atoms with Gasteiger partial charge in [0.05, 0.1) is 54.7 Å². The van der Waals surface area contributed by atoms with Crippen LogP contribution in [0, 0.1) is 41.4 Å². The third-order valence-electron chi connectivity index (χ3n) is 16.4. The van der Waals surface area contributed by atoms with Crippen LogP contribution in [0.5, 0.6) is 0 Å². The lowest BCUT2D eigenvalue weighted by Gasteiger charge is -2.45. The first-order valence-corrected chi connectivity index (χ1v) is 28.9. The second-order valence-electron chi connectivity index (χ2n) is 23.7. The molecule has 22 atom stereocenters. The molecule has 12 unspecified atom stereocenters. The zero-order chi connectivity index (χ0) is 60.0. The van der Waals surface area contributed by atoms with Gasteiger partial charge in [-0.15, -0.1) is 0 Å². The SMILES string of the molecule is CON=C1C[C@@H](C)O[C@@H](OC2C(C)CC(C)(OC(=O)NCc3ccccc3)C(=O)C(C)C(OC(=O)CC(C)C)C(C)C(C(C)CO[C@@H]3O[C@H](C)[C@@H](O)[C@@H](OC)[C@H]3OC)OC(=O)C(C)C(O[C@H]3CC(C)N(CCF)C[C@H](C)O3)C2C)[C@@H]1O. The number of carbonyl (C=O) groups is 4. The van der Waals surface area contributed by atoms with Crippen LogP contribution in [0.4, 0.5) is 9.18 Å². The Hall–Kier alpha value is -3.94. The number of cyclic esters (lactones) is 1. The van der Waals surface area contributed by atoms with Crippen molar-refractivity contribution >= 4 is 29.5 Å². The highest BCUT2D eigenvalue weighted by molar-refractivity contribution is 5.91. The minimum Gasteiger partial charge on any atom is -0.461 e. The number of nitrogens with one attached hydrogen (secondary N) is 1. The summed E-state index contributed by atoms with van der Waals surface area (Å²) in [5.74, 6) is -7.72. The number of alkyl halides is 1. The number of halogens is 1. The van der Waals surface area contributed by atoms with E-state index in [2.05, 4.69) is 10.5 Å². The van der Waals surface area contributed by atoms with Gasteiger partial charge in [0, 0.05) is 76.9 Å². The van der Waals surface area contributed by atoms with Crippen molar-refractivity contribution in [3.8, 4) is 0 Å². The molecule has 4 aliphatic rings. The summed E-state index contributed by atoms with van der Waals surface area (Å²) in [7, 11) is 4.26. The van der Waals surface area contributed by atoms with Gasteiger partial charge in [0.1, 0.15) is 50.4 Å². The second-order valence-corrected chi connectivity index (χ2v) is 23.7. The minimum atomic E-state index is -1.99. The third-order valence-corrected chi connectivity index (χ3v) is 16.4. The van der Waals surface area contributed by atoms with Crippen LogP contribution in [0.15, 0.2) is 35.5 Å². The predicted molar refractivity (Wildman–Crippen MR) is 295 cm³/mol. The number of ketones is 1. The molecule has 3 N–H and O–H groups in total. The molecule has 4 saturated heterocycles. The van der Waals surface area contributed by atoms with E-state index in [1.54, 1.807) is 48.5 Å². The largest absolute Gasteiger partial charge is 0.461 e. The van der Waals surface area contributed by atoms with Crippen LogP contribution in [-0.2, 0) is 77.9 Å². The van der Waals surface area contributed by atoms with Crippen LogP contribution in [0.1, 0.15) is 121 Å². The van der Waals surface area contributed by atoms with E-state index < -0.39 is 158 Å². The van der Waals surface area contributed by atoms with Gasteiger partial charge in [0.25, 0.3) is 0 Å². The van der Waals surface area contributed by atoms with Crippen LogP contribution in [0.2, 0.25) is 0 Å².